The van der Waals surface area contributed by atoms with E-state index >= 15 is 0 Å². The molecule has 0 bridgehead atoms. The average molecular weight is 351 g/mol. The van der Waals surface area contributed by atoms with Crippen LogP contribution in [-0.2, 0) is 11.2 Å². The number of hydrogen-bond donors (Lipinski definition) is 2. The molecule has 1 aliphatic heterocycles. The van der Waals surface area contributed by atoms with Gasteiger partial charge in [0.2, 0.25) is 0 Å². The van der Waals surface area contributed by atoms with Gasteiger partial charge in [-0.15, -0.1) is 0 Å². The maximum Gasteiger partial charge on any atom is 0.115 e. The highest BCUT2D eigenvalue weighted by molar-refractivity contribution is 5.34. The normalized spacial score (nSPS) is 35.2. The summed E-state index contributed by atoms with van der Waals surface area (Å²) in [5.41, 5.74) is 12.1. The second-order valence-electron chi connectivity index (χ2n) is 9.26. The number of ether oxygens (including phenoxy) is 1. The first kappa shape index (κ1) is 16.4. The summed E-state index contributed by atoms with van der Waals surface area (Å²) in [6, 6.07) is 7.52. The Morgan fingerprint density at radius 1 is 1.23 bits per heavy atom. The van der Waals surface area contributed by atoms with Gasteiger partial charge in [-0.3, -0.25) is 0 Å². The molecule has 3 heteroatoms. The summed E-state index contributed by atoms with van der Waals surface area (Å²) in [5.74, 6) is 0.898. The van der Waals surface area contributed by atoms with Crippen LogP contribution in [0.25, 0.3) is 0 Å². The van der Waals surface area contributed by atoms with Crippen LogP contribution in [0.4, 0.5) is 0 Å². The maximum absolute atomic E-state index is 9.50. The average Bonchev–Trinajstić information content (AvgIpc) is 3.50. The van der Waals surface area contributed by atoms with Crippen LogP contribution in [-0.4, -0.2) is 16.8 Å². The van der Waals surface area contributed by atoms with E-state index in [0.717, 1.165) is 31.4 Å². The zero-order chi connectivity index (χ0) is 17.9. The highest BCUT2D eigenvalue weighted by Crippen LogP contribution is 2.67. The van der Waals surface area contributed by atoms with Crippen LogP contribution in [0.15, 0.2) is 47.7 Å². The van der Waals surface area contributed by atoms with Crippen LogP contribution in [0.5, 0.6) is 5.75 Å². The van der Waals surface area contributed by atoms with Crippen LogP contribution in [0.1, 0.15) is 56.9 Å². The lowest BCUT2D eigenvalue weighted by molar-refractivity contribution is -0.117. The van der Waals surface area contributed by atoms with Gasteiger partial charge in [0.1, 0.15) is 5.75 Å². The van der Waals surface area contributed by atoms with Crippen molar-refractivity contribution in [3.05, 3.63) is 53.3 Å². The van der Waals surface area contributed by atoms with Gasteiger partial charge in [0.15, 0.2) is 0 Å². The Hall–Kier alpha value is -1.74. The van der Waals surface area contributed by atoms with Crippen molar-refractivity contribution in [3.63, 3.8) is 0 Å². The molecule has 4 aliphatic rings. The van der Waals surface area contributed by atoms with Gasteiger partial charge in [0.25, 0.3) is 0 Å². The highest BCUT2D eigenvalue weighted by atomic mass is 16.5. The molecular formula is C23H29NO2. The molecule has 3 fully saturated rings. The third-order valence-corrected chi connectivity index (χ3v) is 7.27. The first-order valence-electron chi connectivity index (χ1n) is 10.1. The zero-order valence-electron chi connectivity index (χ0n) is 15.5. The molecule has 0 amide bonds. The van der Waals surface area contributed by atoms with Gasteiger partial charge in [-0.25, -0.2) is 0 Å². The lowest BCUT2D eigenvalue weighted by atomic mass is 9.75. The minimum atomic E-state index is 0.187. The van der Waals surface area contributed by atoms with Crippen molar-refractivity contribution < 1.29 is 9.84 Å². The first-order chi connectivity index (χ1) is 12.5. The summed E-state index contributed by atoms with van der Waals surface area (Å²) in [7, 11) is 0. The van der Waals surface area contributed by atoms with E-state index in [4.69, 9.17) is 10.5 Å². The van der Waals surface area contributed by atoms with E-state index in [1.165, 1.54) is 48.8 Å². The molecule has 2 unspecified atom stereocenters. The molecule has 2 spiro atoms. The van der Waals surface area contributed by atoms with Crippen molar-refractivity contribution in [2.24, 2.45) is 17.1 Å². The summed E-state index contributed by atoms with van der Waals surface area (Å²) in [6.07, 6.45) is 10.5. The monoisotopic (exact) mass is 351 g/mol. The molecule has 3 nitrogen and oxygen atoms in total. The molecule has 1 saturated heterocycles. The van der Waals surface area contributed by atoms with Crippen LogP contribution >= 0.6 is 0 Å². The second kappa shape index (κ2) is 5.63. The lowest BCUT2D eigenvalue weighted by Gasteiger charge is -2.41. The number of rotatable bonds is 3. The molecule has 2 saturated carbocycles. The van der Waals surface area contributed by atoms with E-state index in [1.54, 1.807) is 12.1 Å². The number of phenolic OH excluding ortho intramolecular Hbond substituents is 1. The Labute approximate surface area is 155 Å². The summed E-state index contributed by atoms with van der Waals surface area (Å²) < 4.78 is 6.66. The van der Waals surface area contributed by atoms with Gasteiger partial charge >= 0.3 is 0 Å². The van der Waals surface area contributed by atoms with Crippen LogP contribution < -0.4 is 5.73 Å². The minimum absolute atomic E-state index is 0.187. The predicted molar refractivity (Wildman–Crippen MR) is 103 cm³/mol. The van der Waals surface area contributed by atoms with Gasteiger partial charge in [0, 0.05) is 5.70 Å². The van der Waals surface area contributed by atoms with Crippen molar-refractivity contribution in [3.8, 4) is 5.75 Å². The molecule has 3 atom stereocenters. The standard InChI is InChI=1S/C23H29NO2/c1-15-12-22(15)13-21(26-23(14-22)8-9-23)17-4-7-20(24)18(11-17)10-16-2-5-19(25)6-3-16/h2-3,5-6,17,21,25H,1,4,7-14,24H2/t17?,21-,22?/m1/s1. The van der Waals surface area contributed by atoms with E-state index in [9.17, 15) is 5.11 Å². The third kappa shape index (κ3) is 2.87. The molecule has 1 heterocycles. The molecule has 138 valence electrons. The number of nitrogens with two attached hydrogens (primary N) is 1. The minimum Gasteiger partial charge on any atom is -0.508 e. The molecule has 26 heavy (non-hydrogen) atoms. The smallest absolute Gasteiger partial charge is 0.115 e. The fourth-order valence-electron chi connectivity index (χ4n) is 5.37. The topological polar surface area (TPSA) is 55.5 Å². The van der Waals surface area contributed by atoms with Gasteiger partial charge in [-0.2, -0.15) is 0 Å². The fourth-order valence-corrected chi connectivity index (χ4v) is 5.37. The molecule has 3 aliphatic carbocycles. The summed E-state index contributed by atoms with van der Waals surface area (Å²) >= 11 is 0. The Morgan fingerprint density at radius 2 is 1.96 bits per heavy atom. The van der Waals surface area contributed by atoms with Crippen molar-refractivity contribution in [1.29, 1.82) is 0 Å². The zero-order valence-corrected chi connectivity index (χ0v) is 15.5. The fraction of sp³-hybridized carbons (Fsp3) is 0.565. The van der Waals surface area contributed by atoms with Gasteiger partial charge in [-0.05, 0) is 92.4 Å². The summed E-state index contributed by atoms with van der Waals surface area (Å²) in [5, 5.41) is 9.50. The number of aromatic hydroxyl groups is 1. The van der Waals surface area contributed by atoms with E-state index in [0.29, 0.717) is 23.2 Å². The molecule has 0 radical (unpaired) electrons. The van der Waals surface area contributed by atoms with Gasteiger partial charge in [-0.1, -0.05) is 24.3 Å². The van der Waals surface area contributed by atoms with E-state index in [-0.39, 0.29) is 5.60 Å². The SMILES string of the molecule is C=C1CC12C[C@H](C1CCC(N)=C(Cc3ccc(O)cc3)C1)OC1(CC1)C2. The summed E-state index contributed by atoms with van der Waals surface area (Å²) in [6.45, 7) is 4.30. The van der Waals surface area contributed by atoms with E-state index in [2.05, 4.69) is 6.58 Å². The van der Waals surface area contributed by atoms with Crippen molar-refractivity contribution in [1.82, 2.24) is 0 Å². The maximum atomic E-state index is 9.50. The van der Waals surface area contributed by atoms with Crippen LogP contribution in [0.2, 0.25) is 0 Å². The van der Waals surface area contributed by atoms with E-state index in [1.807, 2.05) is 12.1 Å². The Bertz CT molecular complexity index is 774. The van der Waals surface area contributed by atoms with Crippen molar-refractivity contribution >= 4 is 0 Å². The van der Waals surface area contributed by atoms with E-state index < -0.39 is 0 Å². The molecule has 1 aromatic rings. The molecule has 3 N–H and O–H groups in total. The quantitative estimate of drug-likeness (QED) is 0.782. The number of allylic oxidation sites excluding steroid dienone is 3. The lowest BCUT2D eigenvalue weighted by Crippen LogP contribution is -2.41. The number of phenols is 1. The molecule has 5 rings (SSSR count). The Balaban J connectivity index is 1.32. The molecule has 1 aromatic carbocycles. The second-order valence-corrected chi connectivity index (χ2v) is 9.26. The highest BCUT2D eigenvalue weighted by Gasteiger charge is 2.62. The van der Waals surface area contributed by atoms with Crippen molar-refractivity contribution in [2.45, 2.75) is 69.5 Å². The summed E-state index contributed by atoms with van der Waals surface area (Å²) in [4.78, 5) is 0. The third-order valence-electron chi connectivity index (χ3n) is 7.27. The van der Waals surface area contributed by atoms with Gasteiger partial charge in [0.05, 0.1) is 11.7 Å². The molecule has 0 aromatic heterocycles. The Kier molecular flexibility index (Phi) is 3.56. The van der Waals surface area contributed by atoms with Crippen molar-refractivity contribution in [2.75, 3.05) is 0 Å². The van der Waals surface area contributed by atoms with Crippen LogP contribution in [0, 0.1) is 11.3 Å². The predicted octanol–water partition coefficient (Wildman–Crippen LogP) is 4.61. The largest absolute Gasteiger partial charge is 0.508 e. The molecular weight excluding hydrogens is 322 g/mol. The first-order valence-corrected chi connectivity index (χ1v) is 10.1. The number of hydrogen-bond acceptors (Lipinski definition) is 3. The van der Waals surface area contributed by atoms with Gasteiger partial charge < -0.3 is 15.6 Å². The van der Waals surface area contributed by atoms with Crippen LogP contribution in [0.3, 0.4) is 0 Å². The number of benzene rings is 1. The Morgan fingerprint density at radius 3 is 2.62 bits per heavy atom.